The molecule has 0 aliphatic heterocycles. The number of anilines is 1. The number of nitrogens with one attached hydrogen (secondary N) is 1. The number of nitrogens with zero attached hydrogens (tertiary/aromatic N) is 2. The Balaban J connectivity index is 2.20. The topological polar surface area (TPSA) is 48.7 Å². The fraction of sp³-hybridized carbons (Fsp3) is 0.0769. The van der Waals surface area contributed by atoms with Gasteiger partial charge < -0.3 is 5.32 Å². The smallest absolute Gasteiger partial charge is 0.157 e. The predicted octanol–water partition coefficient (Wildman–Crippen LogP) is 4.28. The molecule has 0 saturated heterocycles. The van der Waals surface area contributed by atoms with Crippen LogP contribution in [0, 0.1) is 11.3 Å². The molecule has 0 fully saturated rings. The van der Waals surface area contributed by atoms with Gasteiger partial charge in [-0.3, -0.25) is 4.98 Å². The van der Waals surface area contributed by atoms with Crippen molar-refractivity contribution in [1.82, 2.24) is 4.98 Å². The molecule has 1 unspecified atom stereocenters. The molecule has 1 atom stereocenters. The zero-order valence-electron chi connectivity index (χ0n) is 9.27. The number of benzene rings is 1. The van der Waals surface area contributed by atoms with Crippen molar-refractivity contribution in [2.45, 2.75) is 6.04 Å². The van der Waals surface area contributed by atoms with Crippen LogP contribution in [0.25, 0.3) is 0 Å². The Kier molecular flexibility index (Phi) is 4.34. The maximum atomic E-state index is 9.20. The number of halogens is 2. The first-order chi connectivity index (χ1) is 8.69. The first-order valence-corrected chi connectivity index (χ1v) is 6.81. The summed E-state index contributed by atoms with van der Waals surface area (Å²) in [6.45, 7) is 0. The van der Waals surface area contributed by atoms with Gasteiger partial charge in [0, 0.05) is 20.8 Å². The lowest BCUT2D eigenvalue weighted by Crippen LogP contribution is -2.09. The molecule has 0 aliphatic carbocycles. The van der Waals surface area contributed by atoms with E-state index < -0.39 is 6.04 Å². The molecule has 0 radical (unpaired) electrons. The van der Waals surface area contributed by atoms with Gasteiger partial charge in [0.15, 0.2) is 6.04 Å². The summed E-state index contributed by atoms with van der Waals surface area (Å²) in [5.41, 5.74) is 1.57. The van der Waals surface area contributed by atoms with Crippen LogP contribution in [-0.2, 0) is 0 Å². The molecule has 0 aliphatic rings. The summed E-state index contributed by atoms with van der Waals surface area (Å²) in [6, 6.07) is 13.1. The van der Waals surface area contributed by atoms with E-state index in [1.807, 2.05) is 36.4 Å². The van der Waals surface area contributed by atoms with Crippen LogP contribution in [0.1, 0.15) is 11.7 Å². The van der Waals surface area contributed by atoms with Gasteiger partial charge in [0.1, 0.15) is 0 Å². The van der Waals surface area contributed by atoms with Gasteiger partial charge in [-0.25, -0.2) is 0 Å². The maximum absolute atomic E-state index is 9.20. The van der Waals surface area contributed by atoms with Gasteiger partial charge in [-0.1, -0.05) is 22.0 Å². The van der Waals surface area contributed by atoms with Crippen molar-refractivity contribution in [2.24, 2.45) is 0 Å². The highest BCUT2D eigenvalue weighted by molar-refractivity contribution is 9.10. The normalized spacial score (nSPS) is 11.6. The first-order valence-electron chi connectivity index (χ1n) is 5.22. The zero-order valence-corrected chi connectivity index (χ0v) is 12.4. The van der Waals surface area contributed by atoms with Crippen molar-refractivity contribution in [3.8, 4) is 6.07 Å². The first kappa shape index (κ1) is 13.1. The van der Waals surface area contributed by atoms with Crippen molar-refractivity contribution in [2.75, 3.05) is 5.32 Å². The number of aromatic nitrogens is 1. The van der Waals surface area contributed by atoms with E-state index in [1.165, 1.54) is 0 Å². The second kappa shape index (κ2) is 5.98. The second-order valence-electron chi connectivity index (χ2n) is 3.62. The molecule has 18 heavy (non-hydrogen) atoms. The Morgan fingerprint density at radius 2 is 2.00 bits per heavy atom. The average molecular weight is 367 g/mol. The number of nitriles is 1. The highest BCUT2D eigenvalue weighted by Gasteiger charge is 2.11. The summed E-state index contributed by atoms with van der Waals surface area (Å²) >= 11 is 6.72. The summed E-state index contributed by atoms with van der Waals surface area (Å²) in [5, 5.41) is 12.3. The van der Waals surface area contributed by atoms with Gasteiger partial charge in [0.25, 0.3) is 0 Å². The maximum Gasteiger partial charge on any atom is 0.157 e. The lowest BCUT2D eigenvalue weighted by Gasteiger charge is -2.12. The van der Waals surface area contributed by atoms with E-state index in [2.05, 4.69) is 48.2 Å². The minimum atomic E-state index is -0.465. The molecule has 0 saturated carbocycles. The van der Waals surface area contributed by atoms with Gasteiger partial charge in [-0.2, -0.15) is 5.26 Å². The van der Waals surface area contributed by atoms with Crippen molar-refractivity contribution >= 4 is 37.5 Å². The van der Waals surface area contributed by atoms with Crippen molar-refractivity contribution in [3.63, 3.8) is 0 Å². The monoisotopic (exact) mass is 365 g/mol. The highest BCUT2D eigenvalue weighted by atomic mass is 79.9. The number of rotatable bonds is 3. The Morgan fingerprint density at radius 3 is 2.61 bits per heavy atom. The van der Waals surface area contributed by atoms with Crippen LogP contribution >= 0.6 is 31.9 Å². The van der Waals surface area contributed by atoms with E-state index in [0.717, 1.165) is 14.6 Å². The van der Waals surface area contributed by atoms with Gasteiger partial charge in [0.05, 0.1) is 11.8 Å². The van der Waals surface area contributed by atoms with Crippen LogP contribution in [0.5, 0.6) is 0 Å². The lowest BCUT2D eigenvalue weighted by atomic mass is 10.2. The fourth-order valence-electron chi connectivity index (χ4n) is 1.48. The van der Waals surface area contributed by atoms with Crippen LogP contribution in [-0.4, -0.2) is 4.98 Å². The molecule has 0 spiro atoms. The summed E-state index contributed by atoms with van der Waals surface area (Å²) in [5.74, 6) is 0. The largest absolute Gasteiger partial charge is 0.365 e. The molecule has 0 bridgehead atoms. The molecule has 1 N–H and O–H groups in total. The Morgan fingerprint density at radius 1 is 1.17 bits per heavy atom. The summed E-state index contributed by atoms with van der Waals surface area (Å²) in [6.07, 6.45) is 1.68. The third-order valence-corrected chi connectivity index (χ3v) is 3.27. The van der Waals surface area contributed by atoms with Crippen LogP contribution in [0.2, 0.25) is 0 Å². The van der Waals surface area contributed by atoms with E-state index in [4.69, 9.17) is 0 Å². The van der Waals surface area contributed by atoms with Crippen LogP contribution in [0.15, 0.2) is 51.5 Å². The van der Waals surface area contributed by atoms with Crippen molar-refractivity contribution in [1.29, 1.82) is 5.26 Å². The molecule has 5 heteroatoms. The molecule has 2 rings (SSSR count). The number of hydrogen-bond acceptors (Lipinski definition) is 3. The van der Waals surface area contributed by atoms with E-state index >= 15 is 0 Å². The van der Waals surface area contributed by atoms with Crippen LogP contribution < -0.4 is 5.32 Å². The van der Waals surface area contributed by atoms with Gasteiger partial charge in [-0.05, 0) is 46.3 Å². The third kappa shape index (κ3) is 3.31. The van der Waals surface area contributed by atoms with Crippen molar-refractivity contribution in [3.05, 3.63) is 57.2 Å². The molecule has 1 aromatic heterocycles. The molecule has 1 heterocycles. The summed E-state index contributed by atoms with van der Waals surface area (Å²) in [4.78, 5) is 4.22. The van der Waals surface area contributed by atoms with Gasteiger partial charge in [0.2, 0.25) is 0 Å². The second-order valence-corrected chi connectivity index (χ2v) is 5.45. The lowest BCUT2D eigenvalue weighted by molar-refractivity contribution is 0.932. The molecule has 1 aromatic carbocycles. The third-order valence-electron chi connectivity index (χ3n) is 2.31. The van der Waals surface area contributed by atoms with Gasteiger partial charge >= 0.3 is 0 Å². The summed E-state index contributed by atoms with van der Waals surface area (Å²) < 4.78 is 1.86. The van der Waals surface area contributed by atoms with Gasteiger partial charge in [-0.15, -0.1) is 0 Å². The number of hydrogen-bond donors (Lipinski definition) is 1. The zero-order chi connectivity index (χ0) is 13.0. The Hall–Kier alpha value is -1.38. The minimum Gasteiger partial charge on any atom is -0.365 e. The minimum absolute atomic E-state index is 0.465. The SMILES string of the molecule is N#CC(Nc1cccc(Br)c1)c1ccc(Br)cn1. The summed E-state index contributed by atoms with van der Waals surface area (Å²) in [7, 11) is 0. The Labute approximate surface area is 122 Å². The van der Waals surface area contributed by atoms with Crippen LogP contribution in [0.4, 0.5) is 5.69 Å². The standard InChI is InChI=1S/C13H9Br2N3/c14-9-2-1-3-11(6-9)18-13(7-16)12-5-4-10(15)8-17-12/h1-6,8,13,18H. The van der Waals surface area contributed by atoms with Crippen LogP contribution in [0.3, 0.4) is 0 Å². The highest BCUT2D eigenvalue weighted by Crippen LogP contribution is 2.21. The number of pyridine rings is 1. The molecule has 3 nitrogen and oxygen atoms in total. The van der Waals surface area contributed by atoms with Crippen molar-refractivity contribution < 1.29 is 0 Å². The molecule has 90 valence electrons. The quantitative estimate of drug-likeness (QED) is 0.881. The van der Waals surface area contributed by atoms with E-state index in [-0.39, 0.29) is 0 Å². The van der Waals surface area contributed by atoms with E-state index in [1.54, 1.807) is 6.20 Å². The molecule has 2 aromatic rings. The van der Waals surface area contributed by atoms with E-state index in [0.29, 0.717) is 5.69 Å². The molecule has 0 amide bonds. The average Bonchev–Trinajstić information content (AvgIpc) is 2.37. The predicted molar refractivity (Wildman–Crippen MR) is 78.1 cm³/mol. The Bertz CT molecular complexity index is 576. The van der Waals surface area contributed by atoms with E-state index in [9.17, 15) is 5.26 Å². The molecular formula is C13H9Br2N3. The fourth-order valence-corrected chi connectivity index (χ4v) is 2.11. The molecular weight excluding hydrogens is 358 g/mol.